The van der Waals surface area contributed by atoms with Crippen LogP contribution < -0.4 is 15.0 Å². The van der Waals surface area contributed by atoms with Gasteiger partial charge in [0.05, 0.1) is 24.5 Å². The maximum Gasteiger partial charge on any atom is 0.332 e. The van der Waals surface area contributed by atoms with Crippen molar-refractivity contribution >= 4 is 34.4 Å². The number of hydrogen-bond donors (Lipinski definition) is 2. The van der Waals surface area contributed by atoms with Gasteiger partial charge in [-0.2, -0.15) is 0 Å². The van der Waals surface area contributed by atoms with E-state index in [1.54, 1.807) is 36.3 Å². The van der Waals surface area contributed by atoms with E-state index in [1.165, 1.54) is 4.90 Å². The number of benzene rings is 3. The van der Waals surface area contributed by atoms with Crippen LogP contribution in [0.4, 0.5) is 10.5 Å². The molecule has 4 heterocycles. The number of imide groups is 1. The van der Waals surface area contributed by atoms with Crippen molar-refractivity contribution in [2.75, 3.05) is 25.2 Å². The Balaban J connectivity index is 1.29. The molecular formula is C32H30N4O5. The number of amides is 4. The highest BCUT2D eigenvalue weighted by Gasteiger charge is 2.53. The van der Waals surface area contributed by atoms with Crippen molar-refractivity contribution in [3.05, 3.63) is 95.2 Å². The molecule has 208 valence electrons. The first-order valence-electron chi connectivity index (χ1n) is 13.9. The van der Waals surface area contributed by atoms with Crippen LogP contribution in [-0.4, -0.2) is 60.1 Å². The number of aromatic nitrogens is 1. The molecule has 7 rings (SSSR count). The number of carbonyl (C=O) groups is 3. The van der Waals surface area contributed by atoms with Gasteiger partial charge in [-0.25, -0.2) is 9.69 Å². The predicted molar refractivity (Wildman–Crippen MR) is 153 cm³/mol. The summed E-state index contributed by atoms with van der Waals surface area (Å²) < 4.78 is 11.1. The Hall–Kier alpha value is -4.63. The number of urea groups is 1. The van der Waals surface area contributed by atoms with E-state index >= 15 is 0 Å². The molecule has 1 aromatic heterocycles. The van der Waals surface area contributed by atoms with Gasteiger partial charge in [0.1, 0.15) is 17.8 Å². The highest BCUT2D eigenvalue weighted by atomic mass is 16.5. The van der Waals surface area contributed by atoms with Crippen LogP contribution in [0, 0.1) is 0 Å². The Morgan fingerprint density at radius 2 is 1.90 bits per heavy atom. The number of anilines is 1. The van der Waals surface area contributed by atoms with Crippen LogP contribution in [0.5, 0.6) is 5.75 Å². The van der Waals surface area contributed by atoms with E-state index in [9.17, 15) is 14.4 Å². The van der Waals surface area contributed by atoms with Gasteiger partial charge in [0, 0.05) is 36.2 Å². The number of carbonyl (C=O) groups excluding carboxylic acids is 3. The molecule has 41 heavy (non-hydrogen) atoms. The van der Waals surface area contributed by atoms with Gasteiger partial charge in [-0.1, -0.05) is 42.5 Å². The van der Waals surface area contributed by atoms with Gasteiger partial charge in [0.15, 0.2) is 0 Å². The first-order chi connectivity index (χ1) is 20.0. The van der Waals surface area contributed by atoms with Gasteiger partial charge in [-0.15, -0.1) is 0 Å². The molecule has 0 saturated carbocycles. The zero-order valence-corrected chi connectivity index (χ0v) is 22.6. The zero-order valence-electron chi connectivity index (χ0n) is 22.6. The van der Waals surface area contributed by atoms with Gasteiger partial charge >= 0.3 is 6.03 Å². The first kappa shape index (κ1) is 25.3. The average Bonchev–Trinajstić information content (AvgIpc) is 3.72. The van der Waals surface area contributed by atoms with E-state index in [0.717, 1.165) is 40.6 Å². The summed E-state index contributed by atoms with van der Waals surface area (Å²) in [5.74, 6) is -0.0364. The van der Waals surface area contributed by atoms with Crippen molar-refractivity contribution in [2.24, 2.45) is 0 Å². The number of aromatic amines is 1. The summed E-state index contributed by atoms with van der Waals surface area (Å²) in [5, 5.41) is 3.96. The van der Waals surface area contributed by atoms with Gasteiger partial charge in [-0.05, 0) is 54.3 Å². The molecule has 3 atom stereocenters. The molecule has 2 N–H and O–H groups in total. The Kier molecular flexibility index (Phi) is 6.23. The second-order valence-electron chi connectivity index (χ2n) is 10.7. The van der Waals surface area contributed by atoms with Crippen LogP contribution in [0.25, 0.3) is 10.9 Å². The first-order valence-corrected chi connectivity index (χ1v) is 13.9. The Bertz CT molecular complexity index is 1670. The fraction of sp³-hybridized carbons (Fsp3) is 0.281. The van der Waals surface area contributed by atoms with Gasteiger partial charge in [0.25, 0.3) is 11.8 Å². The maximum absolute atomic E-state index is 14.3. The van der Waals surface area contributed by atoms with Gasteiger partial charge < -0.3 is 19.8 Å². The van der Waals surface area contributed by atoms with Crippen molar-refractivity contribution in [1.29, 1.82) is 0 Å². The monoisotopic (exact) mass is 550 g/mol. The van der Waals surface area contributed by atoms with E-state index in [2.05, 4.69) is 10.3 Å². The molecule has 3 aliphatic rings. The van der Waals surface area contributed by atoms with E-state index in [4.69, 9.17) is 9.47 Å². The Morgan fingerprint density at radius 1 is 1.07 bits per heavy atom. The van der Waals surface area contributed by atoms with E-state index in [1.807, 2.05) is 48.5 Å². The molecule has 4 amide bonds. The second-order valence-corrected chi connectivity index (χ2v) is 10.7. The smallest absolute Gasteiger partial charge is 0.332 e. The van der Waals surface area contributed by atoms with Crippen LogP contribution in [0.2, 0.25) is 0 Å². The predicted octanol–water partition coefficient (Wildman–Crippen LogP) is 4.57. The summed E-state index contributed by atoms with van der Waals surface area (Å²) in [4.78, 5) is 48.1. The van der Waals surface area contributed by atoms with Crippen molar-refractivity contribution in [2.45, 2.75) is 37.5 Å². The number of fused-ring (bicyclic) bond motifs is 4. The molecule has 3 aromatic carbocycles. The molecule has 0 spiro atoms. The summed E-state index contributed by atoms with van der Waals surface area (Å²) in [6, 6.07) is 20.6. The largest absolute Gasteiger partial charge is 0.497 e. The summed E-state index contributed by atoms with van der Waals surface area (Å²) in [6.45, 7) is 1.07. The molecular weight excluding hydrogens is 520 g/mol. The van der Waals surface area contributed by atoms with Crippen molar-refractivity contribution < 1.29 is 23.9 Å². The fourth-order valence-electron chi connectivity index (χ4n) is 6.42. The molecule has 3 unspecified atom stereocenters. The number of H-pyrrole nitrogens is 1. The summed E-state index contributed by atoms with van der Waals surface area (Å²) in [7, 11) is 1.60. The van der Waals surface area contributed by atoms with Crippen molar-refractivity contribution in [3.63, 3.8) is 0 Å². The lowest BCUT2D eigenvalue weighted by Crippen LogP contribution is -2.44. The molecule has 0 bridgehead atoms. The maximum atomic E-state index is 14.3. The Labute approximate surface area is 237 Å². The molecule has 9 nitrogen and oxygen atoms in total. The lowest BCUT2D eigenvalue weighted by Gasteiger charge is -2.36. The number of ether oxygens (including phenoxy) is 2. The minimum Gasteiger partial charge on any atom is -0.497 e. The second kappa shape index (κ2) is 10.1. The lowest BCUT2D eigenvalue weighted by molar-refractivity contribution is -0.120. The SMILES string of the molecule is COc1cccc(C2c3[nH]c4ccccc4c3CC3C(=O)N(c4ccccc4C(=O)NCC4CCCO4)C(=O)N32)c1. The number of nitrogens with zero attached hydrogens (tertiary/aromatic N) is 2. The van der Waals surface area contributed by atoms with Crippen LogP contribution in [0.3, 0.4) is 0 Å². The lowest BCUT2D eigenvalue weighted by atomic mass is 9.89. The van der Waals surface area contributed by atoms with E-state index in [0.29, 0.717) is 25.3 Å². The van der Waals surface area contributed by atoms with Crippen molar-refractivity contribution in [1.82, 2.24) is 15.2 Å². The van der Waals surface area contributed by atoms with Crippen LogP contribution in [0.15, 0.2) is 72.8 Å². The molecule has 2 fully saturated rings. The highest BCUT2D eigenvalue weighted by Crippen LogP contribution is 2.45. The highest BCUT2D eigenvalue weighted by molar-refractivity contribution is 6.24. The zero-order chi connectivity index (χ0) is 28.1. The van der Waals surface area contributed by atoms with Gasteiger partial charge in [0.2, 0.25) is 0 Å². The van der Waals surface area contributed by atoms with Crippen molar-refractivity contribution in [3.8, 4) is 5.75 Å². The third-order valence-electron chi connectivity index (χ3n) is 8.36. The van der Waals surface area contributed by atoms with E-state index < -0.39 is 18.1 Å². The minimum absolute atomic E-state index is 0.0254. The molecule has 2 saturated heterocycles. The van der Waals surface area contributed by atoms with Crippen LogP contribution in [-0.2, 0) is 16.0 Å². The summed E-state index contributed by atoms with van der Waals surface area (Å²) in [6.07, 6.45) is 2.20. The number of hydrogen-bond acceptors (Lipinski definition) is 5. The molecule has 0 radical (unpaired) electrons. The molecule has 3 aliphatic heterocycles. The minimum atomic E-state index is -0.728. The normalized spacial score (nSPS) is 21.7. The standard InChI is InChI=1S/C32H30N4O5/c1-40-20-9-6-8-19(16-20)29-28-24(22-11-2-4-13-25(22)34-28)17-27-31(38)36(32(39)35(27)29)26-14-5-3-12-23(26)30(37)33-18-21-10-7-15-41-21/h2-6,8-9,11-14,16,21,27,29,34H,7,10,15,17-18H2,1H3,(H,33,37). The molecule has 0 aliphatic carbocycles. The van der Waals surface area contributed by atoms with E-state index in [-0.39, 0.29) is 29.2 Å². The fourth-order valence-corrected chi connectivity index (χ4v) is 6.42. The van der Waals surface area contributed by atoms with Crippen LogP contribution in [0.1, 0.15) is 46.1 Å². The summed E-state index contributed by atoms with van der Waals surface area (Å²) in [5.41, 5.74) is 4.22. The molecule has 4 aromatic rings. The molecule has 9 heteroatoms. The number of rotatable bonds is 6. The Morgan fingerprint density at radius 3 is 2.73 bits per heavy atom. The number of methoxy groups -OCH3 is 1. The van der Waals surface area contributed by atoms with Crippen LogP contribution >= 0.6 is 0 Å². The number of para-hydroxylation sites is 2. The topological polar surface area (TPSA) is 104 Å². The summed E-state index contributed by atoms with van der Waals surface area (Å²) >= 11 is 0. The average molecular weight is 551 g/mol. The third kappa shape index (κ3) is 4.15. The van der Waals surface area contributed by atoms with Gasteiger partial charge in [-0.3, -0.25) is 14.5 Å². The quantitative estimate of drug-likeness (QED) is 0.343. The number of nitrogens with one attached hydrogen (secondary N) is 2. The third-order valence-corrected chi connectivity index (χ3v) is 8.36.